The molecule has 0 bridgehead atoms. The minimum Gasteiger partial charge on any atom is -0.338 e. The molecule has 0 radical (unpaired) electrons. The molecule has 1 N–H and O–H groups in total. The van der Waals surface area contributed by atoms with Crippen LogP contribution in [0.1, 0.15) is 33.6 Å². The number of aromatic nitrogens is 2. The Morgan fingerprint density at radius 2 is 1.92 bits per heavy atom. The zero-order valence-corrected chi connectivity index (χ0v) is 13.8. The average molecular weight is 333 g/mol. The van der Waals surface area contributed by atoms with Gasteiger partial charge in [-0.15, -0.1) is 0 Å². The van der Waals surface area contributed by atoms with Crippen LogP contribution in [0.4, 0.5) is 0 Å². The molecule has 126 valence electrons. The molecule has 1 atom stereocenters. The van der Waals surface area contributed by atoms with E-state index in [1.165, 1.54) is 6.20 Å². The number of piperidine rings is 1. The number of aromatic amines is 1. The number of nitrogens with zero attached hydrogens (tertiary/aromatic N) is 2. The quantitative estimate of drug-likeness (QED) is 0.748. The standard InChI is InChI=1S/C20H19N3O2/c24-19(16-8-7-14-4-1-2-5-15(14)10-16)17-6-3-9-23(13-17)20(25)18-11-21-22-12-18/h1-2,4-5,7-8,10-12,17H,3,6,9,13H2,(H,21,22)/t17-/m1/s1. The van der Waals surface area contributed by atoms with Crippen molar-refractivity contribution in [2.75, 3.05) is 13.1 Å². The van der Waals surface area contributed by atoms with E-state index in [0.717, 1.165) is 29.2 Å². The van der Waals surface area contributed by atoms with Crippen LogP contribution in [-0.2, 0) is 0 Å². The lowest BCUT2D eigenvalue weighted by Crippen LogP contribution is -2.42. The Labute approximate surface area is 145 Å². The summed E-state index contributed by atoms with van der Waals surface area (Å²) in [5, 5.41) is 8.68. The normalized spacial score (nSPS) is 17.6. The van der Waals surface area contributed by atoms with E-state index in [0.29, 0.717) is 18.7 Å². The number of fused-ring (bicyclic) bond motifs is 1. The summed E-state index contributed by atoms with van der Waals surface area (Å²) in [5.74, 6) is -0.0917. The van der Waals surface area contributed by atoms with Gasteiger partial charge in [-0.25, -0.2) is 0 Å². The first-order chi connectivity index (χ1) is 12.2. The van der Waals surface area contributed by atoms with Gasteiger partial charge in [0, 0.05) is 30.8 Å². The van der Waals surface area contributed by atoms with Crippen molar-refractivity contribution in [2.24, 2.45) is 5.92 Å². The molecule has 1 amide bonds. The smallest absolute Gasteiger partial charge is 0.257 e. The molecule has 1 saturated heterocycles. The molecule has 1 fully saturated rings. The van der Waals surface area contributed by atoms with Crippen LogP contribution in [0.15, 0.2) is 54.9 Å². The summed E-state index contributed by atoms with van der Waals surface area (Å²) in [6.07, 6.45) is 4.78. The summed E-state index contributed by atoms with van der Waals surface area (Å²) in [5.41, 5.74) is 1.26. The van der Waals surface area contributed by atoms with Crippen LogP contribution in [0.25, 0.3) is 10.8 Å². The summed E-state index contributed by atoms with van der Waals surface area (Å²) >= 11 is 0. The number of benzene rings is 2. The first-order valence-electron chi connectivity index (χ1n) is 8.53. The Kier molecular flexibility index (Phi) is 4.06. The summed E-state index contributed by atoms with van der Waals surface area (Å²) in [7, 11) is 0. The molecular weight excluding hydrogens is 314 g/mol. The fourth-order valence-corrected chi connectivity index (χ4v) is 3.50. The van der Waals surface area contributed by atoms with E-state index < -0.39 is 0 Å². The number of amides is 1. The summed E-state index contributed by atoms with van der Waals surface area (Å²) in [6, 6.07) is 13.8. The van der Waals surface area contributed by atoms with E-state index in [1.54, 1.807) is 11.1 Å². The molecule has 5 heteroatoms. The van der Waals surface area contributed by atoms with Crippen LogP contribution in [0.5, 0.6) is 0 Å². The molecule has 0 spiro atoms. The molecule has 2 aromatic carbocycles. The van der Waals surface area contributed by atoms with Gasteiger partial charge in [-0.1, -0.05) is 36.4 Å². The van der Waals surface area contributed by atoms with Crippen LogP contribution in [0, 0.1) is 5.92 Å². The number of likely N-dealkylation sites (tertiary alicyclic amines) is 1. The van der Waals surface area contributed by atoms with Gasteiger partial charge in [0.25, 0.3) is 5.91 Å². The van der Waals surface area contributed by atoms with E-state index in [4.69, 9.17) is 0 Å². The molecule has 0 unspecified atom stereocenters. The lowest BCUT2D eigenvalue weighted by Gasteiger charge is -2.31. The van der Waals surface area contributed by atoms with Gasteiger partial charge < -0.3 is 4.90 Å². The predicted molar refractivity (Wildman–Crippen MR) is 95.5 cm³/mol. The van der Waals surface area contributed by atoms with Crippen molar-refractivity contribution in [3.63, 3.8) is 0 Å². The van der Waals surface area contributed by atoms with Crippen molar-refractivity contribution in [1.82, 2.24) is 15.1 Å². The van der Waals surface area contributed by atoms with Crippen molar-refractivity contribution in [1.29, 1.82) is 0 Å². The Morgan fingerprint density at radius 1 is 1.08 bits per heavy atom. The lowest BCUT2D eigenvalue weighted by molar-refractivity contribution is 0.0637. The Hall–Kier alpha value is -2.95. The topological polar surface area (TPSA) is 66.1 Å². The molecule has 2 heterocycles. The molecule has 1 aliphatic rings. The first kappa shape index (κ1) is 15.6. The molecule has 4 rings (SSSR count). The second-order valence-corrected chi connectivity index (χ2v) is 6.50. The van der Waals surface area contributed by atoms with Crippen LogP contribution >= 0.6 is 0 Å². The van der Waals surface area contributed by atoms with E-state index in [2.05, 4.69) is 10.2 Å². The minimum atomic E-state index is -0.147. The number of Topliss-reactive ketones (excluding diaryl/α,β-unsaturated/α-hetero) is 1. The van der Waals surface area contributed by atoms with Crippen molar-refractivity contribution in [3.8, 4) is 0 Å². The van der Waals surface area contributed by atoms with Crippen LogP contribution in [0.2, 0.25) is 0 Å². The number of H-pyrrole nitrogens is 1. The molecule has 0 aliphatic carbocycles. The zero-order valence-electron chi connectivity index (χ0n) is 13.8. The third-order valence-corrected chi connectivity index (χ3v) is 4.86. The third kappa shape index (κ3) is 3.05. The molecule has 3 aromatic rings. The number of hydrogen-bond donors (Lipinski definition) is 1. The van der Waals surface area contributed by atoms with Crippen LogP contribution in [0.3, 0.4) is 0 Å². The highest BCUT2D eigenvalue weighted by atomic mass is 16.2. The van der Waals surface area contributed by atoms with E-state index in [-0.39, 0.29) is 17.6 Å². The van der Waals surface area contributed by atoms with Gasteiger partial charge in [0.2, 0.25) is 0 Å². The summed E-state index contributed by atoms with van der Waals surface area (Å²) in [6.45, 7) is 1.15. The summed E-state index contributed by atoms with van der Waals surface area (Å²) in [4.78, 5) is 27.2. The van der Waals surface area contributed by atoms with Gasteiger partial charge in [-0.2, -0.15) is 5.10 Å². The molecule has 1 aliphatic heterocycles. The average Bonchev–Trinajstić information content (AvgIpc) is 3.21. The molecule has 1 aromatic heterocycles. The fraction of sp³-hybridized carbons (Fsp3) is 0.250. The number of hydrogen-bond acceptors (Lipinski definition) is 3. The molecule has 25 heavy (non-hydrogen) atoms. The highest BCUT2D eigenvalue weighted by molar-refractivity contribution is 6.02. The largest absolute Gasteiger partial charge is 0.338 e. The number of rotatable bonds is 3. The zero-order chi connectivity index (χ0) is 17.2. The van der Waals surface area contributed by atoms with E-state index in [9.17, 15) is 9.59 Å². The second-order valence-electron chi connectivity index (χ2n) is 6.50. The monoisotopic (exact) mass is 333 g/mol. The second kappa shape index (κ2) is 6.51. The highest BCUT2D eigenvalue weighted by Crippen LogP contribution is 2.24. The van der Waals surface area contributed by atoms with Crippen LogP contribution < -0.4 is 0 Å². The third-order valence-electron chi connectivity index (χ3n) is 4.86. The van der Waals surface area contributed by atoms with Gasteiger partial charge >= 0.3 is 0 Å². The predicted octanol–water partition coefficient (Wildman–Crippen LogP) is 3.30. The lowest BCUT2D eigenvalue weighted by atomic mass is 9.89. The molecular formula is C20H19N3O2. The first-order valence-corrected chi connectivity index (χ1v) is 8.53. The Balaban J connectivity index is 1.53. The highest BCUT2D eigenvalue weighted by Gasteiger charge is 2.29. The molecule has 0 saturated carbocycles. The number of carbonyl (C=O) groups excluding carboxylic acids is 2. The van der Waals surface area contributed by atoms with Gasteiger partial charge in [0.15, 0.2) is 5.78 Å². The van der Waals surface area contributed by atoms with E-state index >= 15 is 0 Å². The van der Waals surface area contributed by atoms with Crippen molar-refractivity contribution < 1.29 is 9.59 Å². The Morgan fingerprint density at radius 3 is 2.72 bits per heavy atom. The SMILES string of the molecule is O=C(c1ccc2ccccc2c1)[C@@H]1CCCN(C(=O)c2cn[nH]c2)C1. The number of nitrogens with one attached hydrogen (secondary N) is 1. The van der Waals surface area contributed by atoms with Gasteiger partial charge in [-0.05, 0) is 29.7 Å². The Bertz CT molecular complexity index is 918. The molecule has 5 nitrogen and oxygen atoms in total. The van der Waals surface area contributed by atoms with Crippen LogP contribution in [-0.4, -0.2) is 39.9 Å². The number of carbonyl (C=O) groups is 2. The minimum absolute atomic E-state index is 0.0650. The summed E-state index contributed by atoms with van der Waals surface area (Å²) < 4.78 is 0. The fourth-order valence-electron chi connectivity index (χ4n) is 3.50. The maximum Gasteiger partial charge on any atom is 0.257 e. The van der Waals surface area contributed by atoms with Crippen molar-refractivity contribution in [3.05, 3.63) is 66.0 Å². The van der Waals surface area contributed by atoms with Gasteiger partial charge in [0.05, 0.1) is 11.8 Å². The van der Waals surface area contributed by atoms with E-state index in [1.807, 2.05) is 42.5 Å². The van der Waals surface area contributed by atoms with Gasteiger partial charge in [-0.3, -0.25) is 14.7 Å². The van der Waals surface area contributed by atoms with Crippen molar-refractivity contribution in [2.45, 2.75) is 12.8 Å². The van der Waals surface area contributed by atoms with Gasteiger partial charge in [0.1, 0.15) is 0 Å². The number of ketones is 1. The maximum atomic E-state index is 12.9. The van der Waals surface area contributed by atoms with Crippen molar-refractivity contribution >= 4 is 22.5 Å². The maximum absolute atomic E-state index is 12.9.